The lowest BCUT2D eigenvalue weighted by atomic mass is 9.99. The molecule has 1 heterocycles. The van der Waals surface area contributed by atoms with Crippen molar-refractivity contribution in [3.63, 3.8) is 0 Å². The molecule has 1 aromatic carbocycles. The maximum absolute atomic E-state index is 12.2. The zero-order valence-electron chi connectivity index (χ0n) is 13.8. The Morgan fingerprint density at radius 1 is 1.36 bits per heavy atom. The minimum atomic E-state index is -0.186. The van der Waals surface area contributed by atoms with Crippen LogP contribution in [0.2, 0.25) is 0 Å². The molecule has 2 N–H and O–H groups in total. The highest BCUT2D eigenvalue weighted by molar-refractivity contribution is 5.80. The number of nitrogens with two attached hydrogens (primary N) is 1. The first-order valence-corrected chi connectivity index (χ1v) is 7.83. The van der Waals surface area contributed by atoms with Gasteiger partial charge in [-0.3, -0.25) is 4.79 Å². The standard InChI is InChI=1S/C17H26N2O3/c1-5-22-15-8-12(6-7-14(15)21-4)17-13(18)9-16(20)19(17)10-11(2)3/h6-8,11,13,17H,5,9-10,18H2,1-4H3. The molecule has 1 aromatic rings. The van der Waals surface area contributed by atoms with Crippen LogP contribution in [-0.2, 0) is 4.79 Å². The highest BCUT2D eigenvalue weighted by Crippen LogP contribution is 2.37. The second kappa shape index (κ2) is 7.01. The summed E-state index contributed by atoms with van der Waals surface area (Å²) in [5.41, 5.74) is 7.23. The van der Waals surface area contributed by atoms with E-state index in [4.69, 9.17) is 15.2 Å². The van der Waals surface area contributed by atoms with Crippen LogP contribution in [0, 0.1) is 5.92 Å². The van der Waals surface area contributed by atoms with Gasteiger partial charge in [0.2, 0.25) is 5.91 Å². The molecule has 2 unspecified atom stereocenters. The molecule has 5 heteroatoms. The number of carbonyl (C=O) groups is 1. The van der Waals surface area contributed by atoms with Gasteiger partial charge in [0.25, 0.3) is 0 Å². The normalized spacial score (nSPS) is 21.5. The van der Waals surface area contributed by atoms with E-state index >= 15 is 0 Å². The van der Waals surface area contributed by atoms with Crippen molar-refractivity contribution in [1.82, 2.24) is 4.90 Å². The van der Waals surface area contributed by atoms with Gasteiger partial charge >= 0.3 is 0 Å². The highest BCUT2D eigenvalue weighted by atomic mass is 16.5. The van der Waals surface area contributed by atoms with Crippen LogP contribution in [0.25, 0.3) is 0 Å². The largest absolute Gasteiger partial charge is 0.493 e. The van der Waals surface area contributed by atoms with Gasteiger partial charge in [-0.1, -0.05) is 19.9 Å². The Hall–Kier alpha value is -1.75. The summed E-state index contributed by atoms with van der Waals surface area (Å²) >= 11 is 0. The van der Waals surface area contributed by atoms with Gasteiger partial charge in [-0.15, -0.1) is 0 Å². The summed E-state index contributed by atoms with van der Waals surface area (Å²) in [4.78, 5) is 14.1. The summed E-state index contributed by atoms with van der Waals surface area (Å²) in [6.45, 7) is 7.42. The summed E-state index contributed by atoms with van der Waals surface area (Å²) in [6, 6.07) is 5.51. The molecule has 1 saturated heterocycles. The molecule has 0 saturated carbocycles. The first-order valence-electron chi connectivity index (χ1n) is 7.83. The molecule has 22 heavy (non-hydrogen) atoms. The molecule has 2 atom stereocenters. The van der Waals surface area contributed by atoms with Crippen LogP contribution in [0.5, 0.6) is 11.5 Å². The molecule has 0 radical (unpaired) electrons. The molecule has 1 aliphatic heterocycles. The van der Waals surface area contributed by atoms with Crippen LogP contribution in [0.15, 0.2) is 18.2 Å². The van der Waals surface area contributed by atoms with Crippen molar-refractivity contribution in [2.45, 2.75) is 39.3 Å². The monoisotopic (exact) mass is 306 g/mol. The third kappa shape index (κ3) is 3.35. The first-order chi connectivity index (χ1) is 10.5. The lowest BCUT2D eigenvalue weighted by Gasteiger charge is -2.29. The van der Waals surface area contributed by atoms with Crippen molar-refractivity contribution in [1.29, 1.82) is 0 Å². The zero-order chi connectivity index (χ0) is 16.3. The van der Waals surface area contributed by atoms with E-state index in [2.05, 4.69) is 13.8 Å². The highest BCUT2D eigenvalue weighted by Gasteiger charge is 2.39. The summed E-state index contributed by atoms with van der Waals surface area (Å²) in [7, 11) is 1.62. The van der Waals surface area contributed by atoms with Gasteiger partial charge < -0.3 is 20.1 Å². The number of carbonyl (C=O) groups excluding carboxylic acids is 1. The number of amides is 1. The Labute approximate surface area is 132 Å². The number of hydrogen-bond donors (Lipinski definition) is 1. The summed E-state index contributed by atoms with van der Waals surface area (Å²) in [5.74, 6) is 1.92. The van der Waals surface area contributed by atoms with Crippen LogP contribution in [0.1, 0.15) is 38.8 Å². The number of nitrogens with zero attached hydrogens (tertiary/aromatic N) is 1. The van der Waals surface area contributed by atoms with E-state index in [0.717, 1.165) is 5.56 Å². The molecule has 0 spiro atoms. The molecular weight excluding hydrogens is 280 g/mol. The fourth-order valence-corrected chi connectivity index (χ4v) is 3.00. The predicted molar refractivity (Wildman–Crippen MR) is 86.0 cm³/mol. The predicted octanol–water partition coefficient (Wildman–Crippen LogP) is 2.35. The number of methoxy groups -OCH3 is 1. The van der Waals surface area contributed by atoms with E-state index in [1.54, 1.807) is 7.11 Å². The molecule has 0 aliphatic carbocycles. The van der Waals surface area contributed by atoms with Crippen molar-refractivity contribution >= 4 is 5.91 Å². The quantitative estimate of drug-likeness (QED) is 0.876. The number of likely N-dealkylation sites (tertiary alicyclic amines) is 1. The number of ether oxygens (including phenoxy) is 2. The van der Waals surface area contributed by atoms with Crippen molar-refractivity contribution in [2.75, 3.05) is 20.3 Å². The van der Waals surface area contributed by atoms with E-state index in [1.807, 2.05) is 30.0 Å². The molecule has 1 amide bonds. The van der Waals surface area contributed by atoms with Crippen molar-refractivity contribution in [3.05, 3.63) is 23.8 Å². The SMILES string of the molecule is CCOc1cc(C2C(N)CC(=O)N2CC(C)C)ccc1OC. The van der Waals surface area contributed by atoms with Crippen LogP contribution in [-0.4, -0.2) is 37.1 Å². The second-order valence-corrected chi connectivity index (χ2v) is 6.10. The number of rotatable bonds is 6. The molecule has 5 nitrogen and oxygen atoms in total. The van der Waals surface area contributed by atoms with E-state index in [9.17, 15) is 4.79 Å². The lowest BCUT2D eigenvalue weighted by Crippen LogP contribution is -2.35. The van der Waals surface area contributed by atoms with Gasteiger partial charge in [-0.05, 0) is 30.5 Å². The Bertz CT molecular complexity index is 531. The van der Waals surface area contributed by atoms with Gasteiger partial charge in [0, 0.05) is 19.0 Å². The van der Waals surface area contributed by atoms with Crippen molar-refractivity contribution in [3.8, 4) is 11.5 Å². The average Bonchev–Trinajstić information content (AvgIpc) is 2.73. The molecule has 1 fully saturated rings. The topological polar surface area (TPSA) is 64.8 Å². The van der Waals surface area contributed by atoms with Crippen molar-refractivity contribution < 1.29 is 14.3 Å². The Morgan fingerprint density at radius 2 is 2.09 bits per heavy atom. The number of hydrogen-bond acceptors (Lipinski definition) is 4. The second-order valence-electron chi connectivity index (χ2n) is 6.10. The van der Waals surface area contributed by atoms with E-state index in [1.165, 1.54) is 0 Å². The average molecular weight is 306 g/mol. The van der Waals surface area contributed by atoms with Crippen LogP contribution < -0.4 is 15.2 Å². The van der Waals surface area contributed by atoms with Crippen LogP contribution >= 0.6 is 0 Å². The Kier molecular flexibility index (Phi) is 5.29. The molecule has 0 bridgehead atoms. The maximum Gasteiger partial charge on any atom is 0.224 e. The van der Waals surface area contributed by atoms with E-state index in [-0.39, 0.29) is 18.0 Å². The fourth-order valence-electron chi connectivity index (χ4n) is 3.00. The van der Waals surface area contributed by atoms with Gasteiger partial charge in [0.05, 0.1) is 19.8 Å². The summed E-state index contributed by atoms with van der Waals surface area (Å²) in [5, 5.41) is 0. The van der Waals surface area contributed by atoms with Gasteiger partial charge in [0.15, 0.2) is 11.5 Å². The van der Waals surface area contributed by atoms with Gasteiger partial charge in [-0.2, -0.15) is 0 Å². The third-order valence-corrected chi connectivity index (χ3v) is 3.86. The zero-order valence-corrected chi connectivity index (χ0v) is 13.8. The fraction of sp³-hybridized carbons (Fsp3) is 0.588. The third-order valence-electron chi connectivity index (χ3n) is 3.86. The van der Waals surface area contributed by atoms with Crippen LogP contribution in [0.4, 0.5) is 0 Å². The summed E-state index contributed by atoms with van der Waals surface area (Å²) < 4.78 is 11.0. The lowest BCUT2D eigenvalue weighted by molar-refractivity contribution is -0.129. The van der Waals surface area contributed by atoms with Crippen LogP contribution in [0.3, 0.4) is 0 Å². The number of benzene rings is 1. The maximum atomic E-state index is 12.2. The minimum Gasteiger partial charge on any atom is -0.493 e. The molecular formula is C17H26N2O3. The van der Waals surface area contributed by atoms with E-state index in [0.29, 0.717) is 37.0 Å². The molecule has 2 rings (SSSR count). The van der Waals surface area contributed by atoms with Gasteiger partial charge in [-0.25, -0.2) is 0 Å². The summed E-state index contributed by atoms with van der Waals surface area (Å²) in [6.07, 6.45) is 0.396. The molecule has 0 aromatic heterocycles. The Balaban J connectivity index is 2.35. The minimum absolute atomic E-state index is 0.0972. The van der Waals surface area contributed by atoms with Gasteiger partial charge in [0.1, 0.15) is 0 Å². The van der Waals surface area contributed by atoms with E-state index < -0.39 is 0 Å². The Morgan fingerprint density at radius 3 is 2.68 bits per heavy atom. The first kappa shape index (κ1) is 16.6. The molecule has 1 aliphatic rings. The van der Waals surface area contributed by atoms with Crippen molar-refractivity contribution in [2.24, 2.45) is 11.7 Å². The molecule has 122 valence electrons. The smallest absolute Gasteiger partial charge is 0.224 e.